The van der Waals surface area contributed by atoms with Crippen LogP contribution in [0.15, 0.2) is 48.5 Å². The lowest BCUT2D eigenvalue weighted by Gasteiger charge is -2.24. The van der Waals surface area contributed by atoms with Crippen molar-refractivity contribution < 1.29 is 4.74 Å². The molecule has 0 radical (unpaired) electrons. The molecule has 106 valence electrons. The van der Waals surface area contributed by atoms with Crippen molar-refractivity contribution in [2.45, 2.75) is 39.2 Å². The van der Waals surface area contributed by atoms with Crippen LogP contribution in [0.1, 0.15) is 38.3 Å². The maximum absolute atomic E-state index is 6.11. The molecule has 2 rings (SSSR count). The number of hydrogen-bond acceptors (Lipinski definition) is 2. The molecule has 0 saturated carbocycles. The van der Waals surface area contributed by atoms with Crippen molar-refractivity contribution in [3.05, 3.63) is 59.7 Å². The molecule has 2 N–H and O–H groups in total. The second-order valence-electron chi connectivity index (χ2n) is 5.76. The first-order valence-corrected chi connectivity index (χ1v) is 7.09. The van der Waals surface area contributed by atoms with Crippen molar-refractivity contribution in [1.82, 2.24) is 0 Å². The van der Waals surface area contributed by atoms with Crippen molar-refractivity contribution in [3.8, 4) is 5.75 Å². The van der Waals surface area contributed by atoms with Crippen LogP contribution in [-0.4, -0.2) is 0 Å². The van der Waals surface area contributed by atoms with E-state index >= 15 is 0 Å². The molecule has 2 aromatic carbocycles. The molecule has 0 saturated heterocycles. The fourth-order valence-electron chi connectivity index (χ4n) is 2.04. The average molecular weight is 269 g/mol. The van der Waals surface area contributed by atoms with Gasteiger partial charge in [0.05, 0.1) is 5.69 Å². The average Bonchev–Trinajstić information content (AvgIpc) is 2.47. The number of ether oxygens (including phenoxy) is 1. The summed E-state index contributed by atoms with van der Waals surface area (Å²) in [6.07, 6.45) is 1.08. The van der Waals surface area contributed by atoms with Crippen LogP contribution in [0.5, 0.6) is 5.75 Å². The highest BCUT2D eigenvalue weighted by atomic mass is 16.5. The third-order valence-electron chi connectivity index (χ3n) is 3.91. The Morgan fingerprint density at radius 2 is 1.75 bits per heavy atom. The minimum absolute atomic E-state index is 0.145. The monoisotopic (exact) mass is 269 g/mol. The lowest BCUT2D eigenvalue weighted by molar-refractivity contribution is 0.307. The first kappa shape index (κ1) is 14.4. The SMILES string of the molecule is CCC(C)(C)c1ccc(OCc2ccccc2)c(N)c1. The van der Waals surface area contributed by atoms with E-state index in [1.807, 2.05) is 42.5 Å². The second kappa shape index (κ2) is 6.00. The number of nitrogen functional groups attached to an aromatic ring is 1. The molecule has 0 spiro atoms. The molecule has 0 aliphatic rings. The van der Waals surface area contributed by atoms with Gasteiger partial charge in [0.2, 0.25) is 0 Å². The standard InChI is InChI=1S/C18H23NO/c1-4-18(2,3)15-10-11-17(16(19)12-15)20-13-14-8-6-5-7-9-14/h5-12H,4,13,19H2,1-3H3. The molecule has 0 aliphatic heterocycles. The van der Waals surface area contributed by atoms with Crippen LogP contribution >= 0.6 is 0 Å². The van der Waals surface area contributed by atoms with Crippen LogP contribution in [0, 0.1) is 0 Å². The van der Waals surface area contributed by atoms with Gasteiger partial charge in [-0.3, -0.25) is 0 Å². The topological polar surface area (TPSA) is 35.2 Å². The largest absolute Gasteiger partial charge is 0.487 e. The second-order valence-corrected chi connectivity index (χ2v) is 5.76. The molecule has 0 aromatic heterocycles. The van der Waals surface area contributed by atoms with Gasteiger partial charge in [0, 0.05) is 0 Å². The molecular formula is C18H23NO. The molecule has 0 fully saturated rings. The first-order chi connectivity index (χ1) is 9.53. The Morgan fingerprint density at radius 1 is 1.05 bits per heavy atom. The summed E-state index contributed by atoms with van der Waals surface area (Å²) in [4.78, 5) is 0. The van der Waals surface area contributed by atoms with Crippen LogP contribution in [0.4, 0.5) is 5.69 Å². The van der Waals surface area contributed by atoms with Crippen molar-refractivity contribution in [2.75, 3.05) is 5.73 Å². The molecule has 20 heavy (non-hydrogen) atoms. The number of nitrogens with two attached hydrogens (primary N) is 1. The molecular weight excluding hydrogens is 246 g/mol. The smallest absolute Gasteiger partial charge is 0.142 e. The fourth-order valence-corrected chi connectivity index (χ4v) is 2.04. The van der Waals surface area contributed by atoms with Gasteiger partial charge in [-0.15, -0.1) is 0 Å². The van der Waals surface area contributed by atoms with E-state index in [9.17, 15) is 0 Å². The van der Waals surface area contributed by atoms with E-state index < -0.39 is 0 Å². The highest BCUT2D eigenvalue weighted by Gasteiger charge is 2.18. The van der Waals surface area contributed by atoms with Gasteiger partial charge in [0.1, 0.15) is 12.4 Å². The zero-order chi connectivity index (χ0) is 14.6. The van der Waals surface area contributed by atoms with E-state index in [1.165, 1.54) is 5.56 Å². The Morgan fingerprint density at radius 3 is 2.35 bits per heavy atom. The van der Waals surface area contributed by atoms with E-state index in [0.717, 1.165) is 17.7 Å². The van der Waals surface area contributed by atoms with Gasteiger partial charge in [-0.25, -0.2) is 0 Å². The van der Waals surface area contributed by atoms with Gasteiger partial charge in [-0.2, -0.15) is 0 Å². The highest BCUT2D eigenvalue weighted by Crippen LogP contribution is 2.32. The Kier molecular flexibility index (Phi) is 4.33. The van der Waals surface area contributed by atoms with Crippen LogP contribution in [0.25, 0.3) is 0 Å². The third-order valence-corrected chi connectivity index (χ3v) is 3.91. The molecule has 0 atom stereocenters. The summed E-state index contributed by atoms with van der Waals surface area (Å²) < 4.78 is 5.80. The van der Waals surface area contributed by atoms with E-state index in [0.29, 0.717) is 12.3 Å². The zero-order valence-electron chi connectivity index (χ0n) is 12.5. The summed E-state index contributed by atoms with van der Waals surface area (Å²) in [5.74, 6) is 0.754. The van der Waals surface area contributed by atoms with Crippen LogP contribution in [0.2, 0.25) is 0 Å². The van der Waals surface area contributed by atoms with Gasteiger partial charge < -0.3 is 10.5 Å². The summed E-state index contributed by atoms with van der Waals surface area (Å²) >= 11 is 0. The van der Waals surface area contributed by atoms with Crippen LogP contribution in [-0.2, 0) is 12.0 Å². The van der Waals surface area contributed by atoms with Gasteiger partial charge in [-0.1, -0.05) is 57.2 Å². The summed E-state index contributed by atoms with van der Waals surface area (Å²) in [6, 6.07) is 16.2. The zero-order valence-corrected chi connectivity index (χ0v) is 12.5. The molecule has 0 unspecified atom stereocenters. The summed E-state index contributed by atoms with van der Waals surface area (Å²) in [7, 11) is 0. The van der Waals surface area contributed by atoms with E-state index in [2.05, 4.69) is 26.8 Å². The first-order valence-electron chi connectivity index (χ1n) is 7.09. The van der Waals surface area contributed by atoms with Crippen molar-refractivity contribution in [3.63, 3.8) is 0 Å². The maximum atomic E-state index is 6.11. The molecule has 0 amide bonds. The quantitative estimate of drug-likeness (QED) is 0.809. The summed E-state index contributed by atoms with van der Waals surface area (Å²) in [5.41, 5.74) is 9.36. The summed E-state index contributed by atoms with van der Waals surface area (Å²) in [6.45, 7) is 7.19. The third kappa shape index (κ3) is 3.32. The predicted octanol–water partition coefficient (Wildman–Crippen LogP) is 4.54. The minimum atomic E-state index is 0.145. The van der Waals surface area contributed by atoms with Gasteiger partial charge >= 0.3 is 0 Å². The molecule has 2 nitrogen and oxygen atoms in total. The van der Waals surface area contributed by atoms with Crippen molar-refractivity contribution in [2.24, 2.45) is 0 Å². The van der Waals surface area contributed by atoms with E-state index in [1.54, 1.807) is 0 Å². The Balaban J connectivity index is 2.11. The normalized spacial score (nSPS) is 11.3. The molecule has 0 aliphatic carbocycles. The maximum Gasteiger partial charge on any atom is 0.142 e. The summed E-state index contributed by atoms with van der Waals surface area (Å²) in [5, 5.41) is 0. The Bertz CT molecular complexity index is 561. The number of rotatable bonds is 5. The number of anilines is 1. The fraction of sp³-hybridized carbons (Fsp3) is 0.333. The number of benzene rings is 2. The number of hydrogen-bond donors (Lipinski definition) is 1. The van der Waals surface area contributed by atoms with Gasteiger partial charge in [-0.05, 0) is 35.1 Å². The lowest BCUT2D eigenvalue weighted by atomic mass is 9.82. The highest BCUT2D eigenvalue weighted by molar-refractivity contribution is 5.55. The van der Waals surface area contributed by atoms with Crippen LogP contribution in [0.3, 0.4) is 0 Å². The Hall–Kier alpha value is -1.96. The van der Waals surface area contributed by atoms with Crippen molar-refractivity contribution >= 4 is 5.69 Å². The molecule has 2 aromatic rings. The van der Waals surface area contributed by atoms with E-state index in [4.69, 9.17) is 10.5 Å². The molecule has 0 heterocycles. The van der Waals surface area contributed by atoms with Gasteiger partial charge in [0.25, 0.3) is 0 Å². The lowest BCUT2D eigenvalue weighted by Crippen LogP contribution is -2.15. The van der Waals surface area contributed by atoms with E-state index in [-0.39, 0.29) is 5.41 Å². The van der Waals surface area contributed by atoms with Gasteiger partial charge in [0.15, 0.2) is 0 Å². The minimum Gasteiger partial charge on any atom is -0.487 e. The van der Waals surface area contributed by atoms with Crippen molar-refractivity contribution in [1.29, 1.82) is 0 Å². The predicted molar refractivity (Wildman–Crippen MR) is 84.9 cm³/mol. The Labute approximate surface area is 121 Å². The molecule has 2 heteroatoms. The molecule has 0 bridgehead atoms. The van der Waals surface area contributed by atoms with Crippen LogP contribution < -0.4 is 10.5 Å².